The molecule has 1 atom stereocenters. The number of carbonyl (C=O) groups is 2. The Morgan fingerprint density at radius 1 is 0.929 bits per heavy atom. The van der Waals surface area contributed by atoms with Gasteiger partial charge in [-0.15, -0.1) is 0 Å². The number of anilines is 1. The zero-order chi connectivity index (χ0) is 31.1. The first-order valence-electron chi connectivity index (χ1n) is 13.5. The molecule has 0 heterocycles. The normalized spacial score (nSPS) is 12.5. The Kier molecular flexibility index (Phi) is 11.4. The van der Waals surface area contributed by atoms with Crippen LogP contribution in [0.2, 0.25) is 10.0 Å². The highest BCUT2D eigenvalue weighted by atomic mass is 35.5. The van der Waals surface area contributed by atoms with Crippen molar-refractivity contribution < 1.29 is 22.4 Å². The van der Waals surface area contributed by atoms with Gasteiger partial charge in [-0.1, -0.05) is 71.7 Å². The Balaban J connectivity index is 1.93. The van der Waals surface area contributed by atoms with Gasteiger partial charge in [-0.2, -0.15) is 0 Å². The van der Waals surface area contributed by atoms with Crippen molar-refractivity contribution in [2.45, 2.75) is 58.2 Å². The summed E-state index contributed by atoms with van der Waals surface area (Å²) < 4.78 is 40.5. The number of para-hydroxylation sites is 1. The summed E-state index contributed by atoms with van der Waals surface area (Å²) in [6, 6.07) is 19.1. The van der Waals surface area contributed by atoms with E-state index in [2.05, 4.69) is 5.32 Å². The van der Waals surface area contributed by atoms with Crippen LogP contribution >= 0.6 is 23.2 Å². The van der Waals surface area contributed by atoms with E-state index in [-0.39, 0.29) is 49.9 Å². The topological polar surface area (TPSA) is 86.8 Å². The Morgan fingerprint density at radius 3 is 2.17 bits per heavy atom. The summed E-state index contributed by atoms with van der Waals surface area (Å²) in [4.78, 5) is 29.0. The zero-order valence-corrected chi connectivity index (χ0v) is 26.4. The van der Waals surface area contributed by atoms with Gasteiger partial charge in [-0.25, -0.2) is 12.8 Å². The molecule has 1 unspecified atom stereocenters. The number of carbonyl (C=O) groups excluding carboxylic acids is 2. The molecule has 0 saturated carbocycles. The molecule has 0 bridgehead atoms. The standard InChI is InChI=1S/C31H36Cl2FN3O4S/c1-31(2,3)35-30(39)28(20-22-11-6-5-7-12-22)36(21-23-16-17-24(32)25(33)19-23)29(38)15-10-18-37(42(4,40)41)27-14-9-8-13-26(27)34/h5-9,11-14,16-17,19,28H,10,15,18,20-21H2,1-4H3,(H,35,39). The summed E-state index contributed by atoms with van der Waals surface area (Å²) in [7, 11) is -3.83. The third-order valence-corrected chi connectivity index (χ3v) is 8.30. The first kappa shape index (κ1) is 33.4. The highest BCUT2D eigenvalue weighted by Crippen LogP contribution is 2.26. The summed E-state index contributed by atoms with van der Waals surface area (Å²) in [5.41, 5.74) is 0.886. The van der Waals surface area contributed by atoms with Crippen molar-refractivity contribution >= 4 is 50.7 Å². The van der Waals surface area contributed by atoms with Gasteiger partial charge in [0.2, 0.25) is 21.8 Å². The van der Waals surface area contributed by atoms with Crippen molar-refractivity contribution in [2.24, 2.45) is 0 Å². The lowest BCUT2D eigenvalue weighted by Gasteiger charge is -2.34. The van der Waals surface area contributed by atoms with Crippen LogP contribution in [-0.4, -0.2) is 49.5 Å². The summed E-state index contributed by atoms with van der Waals surface area (Å²) in [6.45, 7) is 5.52. The monoisotopic (exact) mass is 635 g/mol. The first-order valence-corrected chi connectivity index (χ1v) is 16.1. The average molecular weight is 637 g/mol. The molecule has 0 radical (unpaired) electrons. The molecule has 3 aromatic carbocycles. The number of rotatable bonds is 12. The van der Waals surface area contributed by atoms with Gasteiger partial charge in [-0.3, -0.25) is 13.9 Å². The first-order chi connectivity index (χ1) is 19.7. The number of halogens is 3. The molecule has 226 valence electrons. The number of nitrogens with one attached hydrogen (secondary N) is 1. The van der Waals surface area contributed by atoms with Crippen LogP contribution in [0.5, 0.6) is 0 Å². The molecule has 0 aromatic heterocycles. The quantitative estimate of drug-likeness (QED) is 0.255. The highest BCUT2D eigenvalue weighted by molar-refractivity contribution is 7.92. The molecular weight excluding hydrogens is 600 g/mol. The Hall–Kier alpha value is -3.14. The van der Waals surface area contributed by atoms with Gasteiger partial charge in [0.1, 0.15) is 11.9 Å². The number of benzene rings is 3. The van der Waals surface area contributed by atoms with Crippen molar-refractivity contribution in [3.05, 3.63) is 99.8 Å². The van der Waals surface area contributed by atoms with E-state index < -0.39 is 27.4 Å². The second-order valence-corrected chi connectivity index (χ2v) is 13.8. The molecule has 0 aliphatic carbocycles. The maximum atomic E-state index is 14.5. The predicted molar refractivity (Wildman–Crippen MR) is 167 cm³/mol. The van der Waals surface area contributed by atoms with E-state index >= 15 is 0 Å². The SMILES string of the molecule is CC(C)(C)NC(=O)C(Cc1ccccc1)N(Cc1ccc(Cl)c(Cl)c1)C(=O)CCCN(c1ccccc1F)S(C)(=O)=O. The van der Waals surface area contributed by atoms with E-state index in [9.17, 15) is 22.4 Å². The molecule has 0 spiro atoms. The fourth-order valence-electron chi connectivity index (χ4n) is 4.48. The molecule has 3 aromatic rings. The summed E-state index contributed by atoms with van der Waals surface area (Å²) in [5, 5.41) is 3.67. The molecule has 11 heteroatoms. The van der Waals surface area contributed by atoms with Gasteiger partial charge in [0.15, 0.2) is 0 Å². The van der Waals surface area contributed by atoms with E-state index in [0.717, 1.165) is 16.1 Å². The summed E-state index contributed by atoms with van der Waals surface area (Å²) in [6.07, 6.45) is 1.25. The van der Waals surface area contributed by atoms with E-state index in [1.165, 1.54) is 23.1 Å². The third kappa shape index (κ3) is 9.71. The highest BCUT2D eigenvalue weighted by Gasteiger charge is 2.32. The van der Waals surface area contributed by atoms with Crippen LogP contribution in [0.4, 0.5) is 10.1 Å². The Labute approximate surface area is 257 Å². The molecule has 7 nitrogen and oxygen atoms in total. The molecule has 0 aliphatic rings. The molecule has 3 rings (SSSR count). The van der Waals surface area contributed by atoms with Crippen molar-refractivity contribution in [1.82, 2.24) is 10.2 Å². The van der Waals surface area contributed by atoms with Gasteiger partial charge < -0.3 is 10.2 Å². The fraction of sp³-hybridized carbons (Fsp3) is 0.355. The van der Waals surface area contributed by atoms with E-state index in [1.54, 1.807) is 24.3 Å². The van der Waals surface area contributed by atoms with E-state index in [0.29, 0.717) is 15.6 Å². The van der Waals surface area contributed by atoms with Gasteiger partial charge in [0.25, 0.3) is 0 Å². The average Bonchev–Trinajstić information content (AvgIpc) is 2.90. The van der Waals surface area contributed by atoms with Crippen LogP contribution in [-0.2, 0) is 32.6 Å². The van der Waals surface area contributed by atoms with Crippen LogP contribution in [0.3, 0.4) is 0 Å². The lowest BCUT2D eigenvalue weighted by atomic mass is 10.00. The summed E-state index contributed by atoms with van der Waals surface area (Å²) in [5.74, 6) is -1.38. The van der Waals surface area contributed by atoms with Crippen molar-refractivity contribution in [1.29, 1.82) is 0 Å². The van der Waals surface area contributed by atoms with Crippen molar-refractivity contribution in [3.63, 3.8) is 0 Å². The second-order valence-electron chi connectivity index (χ2n) is 11.1. The molecule has 1 N–H and O–H groups in total. The molecule has 0 aliphatic heterocycles. The lowest BCUT2D eigenvalue weighted by molar-refractivity contribution is -0.142. The van der Waals surface area contributed by atoms with Crippen LogP contribution < -0.4 is 9.62 Å². The molecular formula is C31H36Cl2FN3O4S. The number of hydrogen-bond donors (Lipinski definition) is 1. The smallest absolute Gasteiger partial charge is 0.243 e. The summed E-state index contributed by atoms with van der Waals surface area (Å²) >= 11 is 12.4. The Bertz CT molecular complexity index is 1500. The molecule has 2 amide bonds. The van der Waals surface area contributed by atoms with Crippen molar-refractivity contribution in [3.8, 4) is 0 Å². The minimum atomic E-state index is -3.83. The zero-order valence-electron chi connectivity index (χ0n) is 24.1. The molecule has 0 saturated heterocycles. The maximum absolute atomic E-state index is 14.5. The second kappa shape index (κ2) is 14.4. The number of hydrogen-bond acceptors (Lipinski definition) is 4. The van der Waals surface area contributed by atoms with E-state index in [4.69, 9.17) is 23.2 Å². The van der Waals surface area contributed by atoms with Crippen molar-refractivity contribution in [2.75, 3.05) is 17.1 Å². The van der Waals surface area contributed by atoms with Crippen LogP contribution in [0.15, 0.2) is 72.8 Å². The molecule has 0 fully saturated rings. The van der Waals surface area contributed by atoms with Gasteiger partial charge in [0.05, 0.1) is 22.0 Å². The van der Waals surface area contributed by atoms with E-state index in [1.807, 2.05) is 51.1 Å². The van der Waals surface area contributed by atoms with Crippen LogP contribution in [0.25, 0.3) is 0 Å². The van der Waals surface area contributed by atoms with Crippen LogP contribution in [0.1, 0.15) is 44.7 Å². The van der Waals surface area contributed by atoms with Crippen LogP contribution in [0, 0.1) is 5.82 Å². The Morgan fingerprint density at radius 2 is 1.57 bits per heavy atom. The molecule has 42 heavy (non-hydrogen) atoms. The van der Waals surface area contributed by atoms with Gasteiger partial charge in [0, 0.05) is 31.5 Å². The van der Waals surface area contributed by atoms with Gasteiger partial charge in [-0.05, 0) is 62.6 Å². The number of sulfonamides is 1. The number of amides is 2. The lowest BCUT2D eigenvalue weighted by Crippen LogP contribution is -2.54. The predicted octanol–water partition coefficient (Wildman–Crippen LogP) is 6.23. The van der Waals surface area contributed by atoms with Gasteiger partial charge >= 0.3 is 0 Å². The minimum absolute atomic E-state index is 0.0634. The fourth-order valence-corrected chi connectivity index (χ4v) is 5.76. The largest absolute Gasteiger partial charge is 0.350 e. The number of nitrogens with zero attached hydrogens (tertiary/aromatic N) is 2. The minimum Gasteiger partial charge on any atom is -0.350 e. The third-order valence-electron chi connectivity index (χ3n) is 6.38. The maximum Gasteiger partial charge on any atom is 0.243 e.